The Morgan fingerprint density at radius 3 is 2.50 bits per heavy atom. The summed E-state index contributed by atoms with van der Waals surface area (Å²) in [6, 6.07) is 11.9. The van der Waals surface area contributed by atoms with E-state index in [0.29, 0.717) is 16.3 Å². The Labute approximate surface area is 163 Å². The number of carbonyl (C=O) groups excluding carboxylic acids is 2. The SMILES string of the molecule is CCOC(=O)Nc1nc(-c2ccccc2)c(NC(=O)c2ccc(F)c(F)c2)s1. The van der Waals surface area contributed by atoms with E-state index >= 15 is 0 Å². The molecule has 3 aromatic rings. The lowest BCUT2D eigenvalue weighted by Gasteiger charge is -2.05. The van der Waals surface area contributed by atoms with Crippen molar-refractivity contribution in [3.63, 3.8) is 0 Å². The molecule has 0 bridgehead atoms. The lowest BCUT2D eigenvalue weighted by atomic mass is 10.1. The van der Waals surface area contributed by atoms with Gasteiger partial charge in [0.1, 0.15) is 10.7 Å². The second-order valence-corrected chi connectivity index (χ2v) is 6.49. The number of nitrogens with one attached hydrogen (secondary N) is 2. The Bertz CT molecular complexity index is 1010. The predicted molar refractivity (Wildman–Crippen MR) is 103 cm³/mol. The topological polar surface area (TPSA) is 80.3 Å². The van der Waals surface area contributed by atoms with Crippen LogP contribution in [0.2, 0.25) is 0 Å². The second-order valence-electron chi connectivity index (χ2n) is 5.49. The summed E-state index contributed by atoms with van der Waals surface area (Å²) in [5.74, 6) is -2.80. The van der Waals surface area contributed by atoms with Gasteiger partial charge in [0.15, 0.2) is 16.8 Å². The van der Waals surface area contributed by atoms with Gasteiger partial charge in [0.2, 0.25) is 0 Å². The van der Waals surface area contributed by atoms with Crippen LogP contribution in [0.1, 0.15) is 17.3 Å². The Morgan fingerprint density at radius 2 is 1.82 bits per heavy atom. The van der Waals surface area contributed by atoms with Crippen LogP contribution in [0.3, 0.4) is 0 Å². The number of aromatic nitrogens is 1. The lowest BCUT2D eigenvalue weighted by molar-refractivity contribution is 0.102. The Kier molecular flexibility index (Phi) is 5.95. The van der Waals surface area contributed by atoms with E-state index in [1.807, 2.05) is 6.07 Å². The first-order valence-corrected chi connectivity index (χ1v) is 9.06. The highest BCUT2D eigenvalue weighted by Crippen LogP contribution is 2.36. The molecular weight excluding hydrogens is 388 g/mol. The quantitative estimate of drug-likeness (QED) is 0.634. The van der Waals surface area contributed by atoms with E-state index in [1.165, 1.54) is 6.07 Å². The number of hydrogen-bond acceptors (Lipinski definition) is 5. The first-order chi connectivity index (χ1) is 13.5. The second kappa shape index (κ2) is 8.57. The molecule has 6 nitrogen and oxygen atoms in total. The number of carbonyl (C=O) groups is 2. The van der Waals surface area contributed by atoms with Gasteiger partial charge < -0.3 is 10.1 Å². The maximum atomic E-state index is 13.4. The smallest absolute Gasteiger partial charge is 0.413 e. The predicted octanol–water partition coefficient (Wildman–Crippen LogP) is 4.91. The molecule has 2 amide bonds. The molecule has 144 valence electrons. The standard InChI is InChI=1S/C19H15F2N3O3S/c1-2-27-19(26)24-18-22-15(11-6-4-3-5-7-11)17(28-18)23-16(25)12-8-9-13(20)14(21)10-12/h3-10H,2H2,1H3,(H,23,25)(H,22,24,26). The number of anilines is 2. The van der Waals surface area contributed by atoms with Crippen LogP contribution in [0.5, 0.6) is 0 Å². The van der Waals surface area contributed by atoms with Gasteiger partial charge in [0.25, 0.3) is 5.91 Å². The summed E-state index contributed by atoms with van der Waals surface area (Å²) in [6.07, 6.45) is -0.672. The van der Waals surface area contributed by atoms with Crippen LogP contribution in [0.15, 0.2) is 48.5 Å². The zero-order valence-corrected chi connectivity index (χ0v) is 15.5. The Hall–Kier alpha value is -3.33. The van der Waals surface area contributed by atoms with Crippen LogP contribution in [0.4, 0.5) is 23.7 Å². The summed E-state index contributed by atoms with van der Waals surface area (Å²) in [4.78, 5) is 28.5. The molecule has 0 aliphatic heterocycles. The number of hydrogen-bond donors (Lipinski definition) is 2. The average molecular weight is 403 g/mol. The van der Waals surface area contributed by atoms with E-state index in [2.05, 4.69) is 15.6 Å². The van der Waals surface area contributed by atoms with E-state index in [-0.39, 0.29) is 17.3 Å². The number of halogens is 2. The maximum Gasteiger partial charge on any atom is 0.413 e. The molecule has 0 aliphatic rings. The molecule has 0 atom stereocenters. The highest BCUT2D eigenvalue weighted by Gasteiger charge is 2.18. The van der Waals surface area contributed by atoms with Crippen molar-refractivity contribution < 1.29 is 23.1 Å². The molecule has 0 saturated heterocycles. The minimum Gasteiger partial charge on any atom is -0.450 e. The molecular formula is C19H15F2N3O3S. The van der Waals surface area contributed by atoms with Gasteiger partial charge in [-0.05, 0) is 25.1 Å². The zero-order valence-electron chi connectivity index (χ0n) is 14.7. The molecule has 0 spiro atoms. The van der Waals surface area contributed by atoms with E-state index in [0.717, 1.165) is 23.5 Å². The van der Waals surface area contributed by atoms with Gasteiger partial charge in [0.05, 0.1) is 6.61 Å². The molecule has 0 radical (unpaired) electrons. The van der Waals surface area contributed by atoms with Crippen LogP contribution in [-0.2, 0) is 4.74 Å². The van der Waals surface area contributed by atoms with Gasteiger partial charge >= 0.3 is 6.09 Å². The van der Waals surface area contributed by atoms with Crippen LogP contribution < -0.4 is 10.6 Å². The molecule has 1 heterocycles. The zero-order chi connectivity index (χ0) is 20.1. The molecule has 28 heavy (non-hydrogen) atoms. The summed E-state index contributed by atoms with van der Waals surface area (Å²) in [5, 5.41) is 5.68. The van der Waals surface area contributed by atoms with Gasteiger partial charge in [-0.15, -0.1) is 0 Å². The summed E-state index contributed by atoms with van der Waals surface area (Å²) in [5.41, 5.74) is 1.08. The summed E-state index contributed by atoms with van der Waals surface area (Å²) in [6.45, 7) is 1.87. The third kappa shape index (κ3) is 4.49. The number of nitrogens with zero attached hydrogens (tertiary/aromatic N) is 1. The Balaban J connectivity index is 1.91. The van der Waals surface area contributed by atoms with Crippen molar-refractivity contribution in [1.29, 1.82) is 0 Å². The molecule has 0 fully saturated rings. The average Bonchev–Trinajstić information content (AvgIpc) is 3.06. The molecule has 1 aromatic heterocycles. The molecule has 0 aliphatic carbocycles. The van der Waals surface area contributed by atoms with Crippen molar-refractivity contribution in [1.82, 2.24) is 4.98 Å². The fraction of sp³-hybridized carbons (Fsp3) is 0.105. The fourth-order valence-electron chi connectivity index (χ4n) is 2.32. The highest BCUT2D eigenvalue weighted by atomic mass is 32.1. The van der Waals surface area contributed by atoms with E-state index in [1.54, 1.807) is 31.2 Å². The van der Waals surface area contributed by atoms with Crippen LogP contribution >= 0.6 is 11.3 Å². The molecule has 0 saturated carbocycles. The number of benzene rings is 2. The van der Waals surface area contributed by atoms with E-state index in [9.17, 15) is 18.4 Å². The third-order valence-electron chi connectivity index (χ3n) is 3.57. The van der Waals surface area contributed by atoms with Crippen molar-refractivity contribution in [3.8, 4) is 11.3 Å². The van der Waals surface area contributed by atoms with Crippen molar-refractivity contribution in [3.05, 3.63) is 65.7 Å². The molecule has 0 unspecified atom stereocenters. The monoisotopic (exact) mass is 403 g/mol. The maximum absolute atomic E-state index is 13.4. The first-order valence-electron chi connectivity index (χ1n) is 8.24. The fourth-order valence-corrected chi connectivity index (χ4v) is 3.19. The molecule has 2 aromatic carbocycles. The first kappa shape index (κ1) is 19.4. The molecule has 2 N–H and O–H groups in total. The van der Waals surface area contributed by atoms with Gasteiger partial charge in [-0.1, -0.05) is 41.7 Å². The van der Waals surface area contributed by atoms with Crippen molar-refractivity contribution in [2.75, 3.05) is 17.2 Å². The van der Waals surface area contributed by atoms with Crippen LogP contribution in [-0.4, -0.2) is 23.6 Å². The normalized spacial score (nSPS) is 10.4. The lowest BCUT2D eigenvalue weighted by Crippen LogP contribution is -2.12. The number of ether oxygens (including phenoxy) is 1. The van der Waals surface area contributed by atoms with E-state index in [4.69, 9.17) is 4.74 Å². The summed E-state index contributed by atoms with van der Waals surface area (Å²) in [7, 11) is 0. The number of rotatable bonds is 5. The van der Waals surface area contributed by atoms with Crippen molar-refractivity contribution in [2.45, 2.75) is 6.92 Å². The summed E-state index contributed by atoms with van der Waals surface area (Å²) < 4.78 is 31.3. The minimum absolute atomic E-state index is 0.0498. The highest BCUT2D eigenvalue weighted by molar-refractivity contribution is 7.20. The summed E-state index contributed by atoms with van der Waals surface area (Å²) >= 11 is 1.02. The van der Waals surface area contributed by atoms with Gasteiger partial charge in [0, 0.05) is 11.1 Å². The van der Waals surface area contributed by atoms with Crippen LogP contribution in [0, 0.1) is 11.6 Å². The van der Waals surface area contributed by atoms with Gasteiger partial charge in [-0.25, -0.2) is 18.6 Å². The van der Waals surface area contributed by atoms with Gasteiger partial charge in [-0.3, -0.25) is 10.1 Å². The number of amides is 2. The van der Waals surface area contributed by atoms with Crippen LogP contribution in [0.25, 0.3) is 11.3 Å². The Morgan fingerprint density at radius 1 is 1.07 bits per heavy atom. The largest absolute Gasteiger partial charge is 0.450 e. The third-order valence-corrected chi connectivity index (χ3v) is 4.45. The molecule has 3 rings (SSSR count). The van der Waals surface area contributed by atoms with E-state index < -0.39 is 23.6 Å². The number of thiazole rings is 1. The molecule has 9 heteroatoms. The van der Waals surface area contributed by atoms with Crippen molar-refractivity contribution >= 4 is 33.5 Å². The van der Waals surface area contributed by atoms with Gasteiger partial charge in [-0.2, -0.15) is 0 Å². The van der Waals surface area contributed by atoms with Crippen molar-refractivity contribution in [2.24, 2.45) is 0 Å². The minimum atomic E-state index is -1.12.